The number of rotatable bonds is 4. The molecular formula is C14H17N3O3. The number of hydrogen-bond acceptors (Lipinski definition) is 3. The molecule has 0 radical (unpaired) electrons. The molecule has 0 bridgehead atoms. The first kappa shape index (κ1) is 14.0. The number of nitrogens with two attached hydrogens (primary N) is 2. The number of carbonyl (C=O) groups excluding carboxylic acids is 3. The number of benzene rings is 1. The monoisotopic (exact) mass is 275 g/mol. The fourth-order valence-corrected chi connectivity index (χ4v) is 2.42. The zero-order valence-corrected chi connectivity index (χ0v) is 11.0. The van der Waals surface area contributed by atoms with Crippen LogP contribution in [0, 0.1) is 5.92 Å². The largest absolute Gasteiger partial charge is 0.366 e. The van der Waals surface area contributed by atoms with E-state index in [1.54, 1.807) is 0 Å². The Balaban J connectivity index is 2.23. The van der Waals surface area contributed by atoms with E-state index in [1.165, 1.54) is 18.2 Å². The van der Waals surface area contributed by atoms with Crippen molar-refractivity contribution in [2.24, 2.45) is 17.4 Å². The zero-order chi connectivity index (χ0) is 14.7. The Bertz CT molecular complexity index is 531. The Morgan fingerprint density at radius 3 is 1.90 bits per heavy atom. The van der Waals surface area contributed by atoms with Crippen LogP contribution in [-0.2, 0) is 4.79 Å². The lowest BCUT2D eigenvalue weighted by molar-refractivity contribution is -0.119. The smallest absolute Gasteiger partial charge is 0.248 e. The fourth-order valence-electron chi connectivity index (χ4n) is 2.42. The molecule has 1 aromatic carbocycles. The average molecular weight is 275 g/mol. The molecule has 106 valence electrons. The molecule has 0 spiro atoms. The maximum absolute atomic E-state index is 12.0. The second-order valence-corrected chi connectivity index (χ2v) is 5.00. The highest BCUT2D eigenvalue weighted by atomic mass is 16.2. The van der Waals surface area contributed by atoms with E-state index in [1.807, 2.05) is 0 Å². The summed E-state index contributed by atoms with van der Waals surface area (Å²) in [5, 5.41) is 2.72. The highest BCUT2D eigenvalue weighted by Gasteiger charge is 2.23. The molecule has 1 aliphatic rings. The quantitative estimate of drug-likeness (QED) is 0.761. The Kier molecular flexibility index (Phi) is 4.02. The van der Waals surface area contributed by atoms with Crippen molar-refractivity contribution in [2.75, 3.05) is 5.32 Å². The zero-order valence-electron chi connectivity index (χ0n) is 11.0. The van der Waals surface area contributed by atoms with Crippen molar-refractivity contribution in [3.63, 3.8) is 0 Å². The SMILES string of the molecule is NC(=O)c1cc(NC(=O)C2CCCC2)cc(C(N)=O)c1. The van der Waals surface area contributed by atoms with E-state index >= 15 is 0 Å². The van der Waals surface area contributed by atoms with E-state index in [9.17, 15) is 14.4 Å². The van der Waals surface area contributed by atoms with E-state index in [0.29, 0.717) is 5.69 Å². The lowest BCUT2D eigenvalue weighted by Crippen LogP contribution is -2.22. The summed E-state index contributed by atoms with van der Waals surface area (Å²) in [6.07, 6.45) is 3.83. The highest BCUT2D eigenvalue weighted by Crippen LogP contribution is 2.26. The minimum Gasteiger partial charge on any atom is -0.366 e. The van der Waals surface area contributed by atoms with Gasteiger partial charge in [0.25, 0.3) is 0 Å². The minimum atomic E-state index is -0.676. The van der Waals surface area contributed by atoms with Gasteiger partial charge in [0, 0.05) is 22.7 Å². The van der Waals surface area contributed by atoms with Gasteiger partial charge in [0.1, 0.15) is 0 Å². The predicted octanol–water partition coefficient (Wildman–Crippen LogP) is 1.01. The number of hydrogen-bond donors (Lipinski definition) is 3. The van der Waals surface area contributed by atoms with E-state index in [0.717, 1.165) is 25.7 Å². The standard InChI is InChI=1S/C14H17N3O3/c15-12(18)9-5-10(13(16)19)7-11(6-9)17-14(20)8-3-1-2-4-8/h5-8H,1-4H2,(H2,15,18)(H2,16,19)(H,17,20). The van der Waals surface area contributed by atoms with Crippen molar-refractivity contribution >= 4 is 23.4 Å². The van der Waals surface area contributed by atoms with Gasteiger partial charge < -0.3 is 16.8 Å². The van der Waals surface area contributed by atoms with Crippen LogP contribution in [-0.4, -0.2) is 17.7 Å². The van der Waals surface area contributed by atoms with Gasteiger partial charge in [0.05, 0.1) is 0 Å². The fraction of sp³-hybridized carbons (Fsp3) is 0.357. The maximum Gasteiger partial charge on any atom is 0.248 e. The summed E-state index contributed by atoms with van der Waals surface area (Å²) in [6, 6.07) is 4.21. The van der Waals surface area contributed by atoms with Crippen molar-refractivity contribution in [3.05, 3.63) is 29.3 Å². The van der Waals surface area contributed by atoms with Crippen molar-refractivity contribution in [3.8, 4) is 0 Å². The molecule has 0 saturated heterocycles. The minimum absolute atomic E-state index is 0.00994. The molecule has 6 nitrogen and oxygen atoms in total. The predicted molar refractivity (Wildman–Crippen MR) is 74.1 cm³/mol. The number of anilines is 1. The molecule has 1 aliphatic carbocycles. The van der Waals surface area contributed by atoms with Crippen LogP contribution < -0.4 is 16.8 Å². The van der Waals surface area contributed by atoms with E-state index in [4.69, 9.17) is 11.5 Å². The molecule has 0 aromatic heterocycles. The van der Waals surface area contributed by atoms with Gasteiger partial charge in [-0.1, -0.05) is 12.8 Å². The van der Waals surface area contributed by atoms with Crippen LogP contribution in [0.1, 0.15) is 46.4 Å². The Labute approximate surface area is 116 Å². The van der Waals surface area contributed by atoms with Gasteiger partial charge in [-0.05, 0) is 31.0 Å². The molecule has 1 fully saturated rings. The van der Waals surface area contributed by atoms with Crippen molar-refractivity contribution in [1.29, 1.82) is 0 Å². The van der Waals surface area contributed by atoms with E-state index < -0.39 is 11.8 Å². The summed E-state index contributed by atoms with van der Waals surface area (Å²) >= 11 is 0. The highest BCUT2D eigenvalue weighted by molar-refractivity contribution is 6.02. The Morgan fingerprint density at radius 2 is 1.45 bits per heavy atom. The van der Waals surface area contributed by atoms with Crippen molar-refractivity contribution < 1.29 is 14.4 Å². The third-order valence-electron chi connectivity index (χ3n) is 3.50. The molecule has 1 aromatic rings. The number of carbonyl (C=O) groups is 3. The van der Waals surface area contributed by atoms with Crippen LogP contribution in [0.5, 0.6) is 0 Å². The van der Waals surface area contributed by atoms with E-state index in [2.05, 4.69) is 5.32 Å². The van der Waals surface area contributed by atoms with Gasteiger partial charge in [0.15, 0.2) is 0 Å². The number of nitrogens with one attached hydrogen (secondary N) is 1. The molecule has 0 atom stereocenters. The number of primary amides is 2. The van der Waals surface area contributed by atoms with Gasteiger partial charge >= 0.3 is 0 Å². The van der Waals surface area contributed by atoms with Gasteiger partial charge in [-0.2, -0.15) is 0 Å². The van der Waals surface area contributed by atoms with Crippen LogP contribution in [0.25, 0.3) is 0 Å². The summed E-state index contributed by atoms with van der Waals surface area (Å²) in [4.78, 5) is 34.5. The molecule has 3 amide bonds. The van der Waals surface area contributed by atoms with E-state index in [-0.39, 0.29) is 23.0 Å². The first-order chi connectivity index (χ1) is 9.47. The third kappa shape index (κ3) is 3.14. The molecule has 6 heteroatoms. The lowest BCUT2D eigenvalue weighted by atomic mass is 10.1. The molecule has 0 unspecified atom stereocenters. The summed E-state index contributed by atoms with van der Waals surface area (Å²) in [5.74, 6) is -1.46. The van der Waals surface area contributed by atoms with Crippen LogP contribution in [0.2, 0.25) is 0 Å². The van der Waals surface area contributed by atoms with Crippen LogP contribution in [0.15, 0.2) is 18.2 Å². The lowest BCUT2D eigenvalue weighted by Gasteiger charge is -2.12. The van der Waals surface area contributed by atoms with Crippen molar-refractivity contribution in [2.45, 2.75) is 25.7 Å². The summed E-state index contributed by atoms with van der Waals surface area (Å²) in [7, 11) is 0. The van der Waals surface area contributed by atoms with Gasteiger partial charge in [-0.25, -0.2) is 0 Å². The maximum atomic E-state index is 12.0. The molecule has 20 heavy (non-hydrogen) atoms. The molecule has 0 aliphatic heterocycles. The summed E-state index contributed by atoms with van der Waals surface area (Å²) in [5.41, 5.74) is 11.1. The molecule has 2 rings (SSSR count). The summed E-state index contributed by atoms with van der Waals surface area (Å²) < 4.78 is 0. The molecule has 1 saturated carbocycles. The van der Waals surface area contributed by atoms with Gasteiger partial charge in [-0.3, -0.25) is 14.4 Å². The van der Waals surface area contributed by atoms with Crippen LogP contribution >= 0.6 is 0 Å². The second kappa shape index (κ2) is 5.73. The molecular weight excluding hydrogens is 258 g/mol. The van der Waals surface area contributed by atoms with Crippen molar-refractivity contribution in [1.82, 2.24) is 0 Å². The number of amides is 3. The van der Waals surface area contributed by atoms with Crippen LogP contribution in [0.3, 0.4) is 0 Å². The average Bonchev–Trinajstić information content (AvgIpc) is 2.92. The molecule has 5 N–H and O–H groups in total. The topological polar surface area (TPSA) is 115 Å². The van der Waals surface area contributed by atoms with Gasteiger partial charge in [0.2, 0.25) is 17.7 Å². The first-order valence-corrected chi connectivity index (χ1v) is 6.53. The van der Waals surface area contributed by atoms with Crippen LogP contribution in [0.4, 0.5) is 5.69 Å². The third-order valence-corrected chi connectivity index (χ3v) is 3.50. The second-order valence-electron chi connectivity index (χ2n) is 5.00. The Morgan fingerprint density at radius 1 is 0.950 bits per heavy atom. The normalized spacial score (nSPS) is 15.0. The summed E-state index contributed by atoms with van der Waals surface area (Å²) in [6.45, 7) is 0. The van der Waals surface area contributed by atoms with Gasteiger partial charge in [-0.15, -0.1) is 0 Å². The first-order valence-electron chi connectivity index (χ1n) is 6.53. The molecule has 0 heterocycles. The Hall–Kier alpha value is -2.37.